The SMILES string of the molecule is Cc1cccc(N2CCN(CCCCc3c[nH]c4ccc(C(=O)O)cc34)CC2)c1. The maximum Gasteiger partial charge on any atom is 0.335 e. The number of hydrogen-bond acceptors (Lipinski definition) is 3. The molecule has 1 aliphatic heterocycles. The van der Waals surface area contributed by atoms with Gasteiger partial charge < -0.3 is 15.0 Å². The molecular formula is C24H29N3O2. The Bertz CT molecular complexity index is 987. The van der Waals surface area contributed by atoms with Crippen molar-refractivity contribution in [3.63, 3.8) is 0 Å². The van der Waals surface area contributed by atoms with Crippen LogP contribution in [0.1, 0.15) is 34.3 Å². The van der Waals surface area contributed by atoms with Gasteiger partial charge in [-0.05, 0) is 74.2 Å². The lowest BCUT2D eigenvalue weighted by molar-refractivity contribution is 0.0697. The number of piperazine rings is 1. The van der Waals surface area contributed by atoms with E-state index in [0.29, 0.717) is 5.56 Å². The normalized spacial score (nSPS) is 15.1. The molecule has 0 aliphatic carbocycles. The summed E-state index contributed by atoms with van der Waals surface area (Å²) in [6.07, 6.45) is 5.28. The number of aromatic nitrogens is 1. The summed E-state index contributed by atoms with van der Waals surface area (Å²) in [5.74, 6) is -0.871. The maximum absolute atomic E-state index is 11.2. The van der Waals surface area contributed by atoms with Crippen LogP contribution in [0.3, 0.4) is 0 Å². The summed E-state index contributed by atoms with van der Waals surface area (Å²) in [4.78, 5) is 19.5. The second-order valence-corrected chi connectivity index (χ2v) is 8.00. The average molecular weight is 392 g/mol. The number of benzene rings is 2. The molecule has 1 aliphatic rings. The van der Waals surface area contributed by atoms with Crippen LogP contribution >= 0.6 is 0 Å². The number of carboxylic acid groups (broad SMARTS) is 1. The molecule has 152 valence electrons. The number of anilines is 1. The van der Waals surface area contributed by atoms with E-state index >= 15 is 0 Å². The van der Waals surface area contributed by atoms with Crippen molar-refractivity contribution >= 4 is 22.6 Å². The number of fused-ring (bicyclic) bond motifs is 1. The fourth-order valence-electron chi connectivity index (χ4n) is 4.22. The molecule has 0 spiro atoms. The number of H-pyrrole nitrogens is 1. The standard InChI is InChI=1S/C24H29N3O2/c1-18-5-4-7-21(15-18)27-13-11-26(12-14-27)10-3-2-6-20-17-25-23-9-8-19(24(28)29)16-22(20)23/h4-5,7-9,15-17,25H,2-3,6,10-14H2,1H3,(H,28,29). The number of hydrogen-bond donors (Lipinski definition) is 2. The van der Waals surface area contributed by atoms with Gasteiger partial charge in [0.05, 0.1) is 5.56 Å². The Balaban J connectivity index is 1.24. The Kier molecular flexibility index (Phi) is 5.86. The number of aromatic amines is 1. The van der Waals surface area contributed by atoms with Crippen LogP contribution in [0.15, 0.2) is 48.7 Å². The van der Waals surface area contributed by atoms with E-state index in [1.54, 1.807) is 12.1 Å². The Labute approximate surface area is 171 Å². The summed E-state index contributed by atoms with van der Waals surface area (Å²) in [6.45, 7) is 7.68. The number of carboxylic acids is 1. The largest absolute Gasteiger partial charge is 0.478 e. The molecule has 5 heteroatoms. The van der Waals surface area contributed by atoms with Crippen LogP contribution < -0.4 is 4.90 Å². The van der Waals surface area contributed by atoms with Gasteiger partial charge in [0.25, 0.3) is 0 Å². The number of aryl methyl sites for hydroxylation is 2. The monoisotopic (exact) mass is 391 g/mol. The minimum atomic E-state index is -0.871. The van der Waals surface area contributed by atoms with Crippen molar-refractivity contribution in [2.45, 2.75) is 26.2 Å². The number of carbonyl (C=O) groups is 1. The molecule has 2 N–H and O–H groups in total. The molecule has 4 rings (SSSR count). The molecule has 2 heterocycles. The molecule has 0 atom stereocenters. The first kappa shape index (κ1) is 19.5. The van der Waals surface area contributed by atoms with Gasteiger partial charge in [0.2, 0.25) is 0 Å². The van der Waals surface area contributed by atoms with Crippen molar-refractivity contribution in [2.75, 3.05) is 37.6 Å². The second kappa shape index (κ2) is 8.70. The summed E-state index contributed by atoms with van der Waals surface area (Å²) < 4.78 is 0. The highest BCUT2D eigenvalue weighted by atomic mass is 16.4. The van der Waals surface area contributed by atoms with E-state index < -0.39 is 5.97 Å². The number of nitrogens with zero attached hydrogens (tertiary/aromatic N) is 2. The third-order valence-corrected chi connectivity index (χ3v) is 5.92. The lowest BCUT2D eigenvalue weighted by Gasteiger charge is -2.36. The molecule has 1 saturated heterocycles. The van der Waals surface area contributed by atoms with Gasteiger partial charge in [0.1, 0.15) is 0 Å². The molecule has 0 saturated carbocycles. The molecule has 0 radical (unpaired) electrons. The molecule has 0 unspecified atom stereocenters. The molecule has 2 aromatic carbocycles. The van der Waals surface area contributed by atoms with E-state index in [2.05, 4.69) is 46.0 Å². The van der Waals surface area contributed by atoms with Crippen LogP contribution in [0.4, 0.5) is 5.69 Å². The minimum absolute atomic E-state index is 0.352. The van der Waals surface area contributed by atoms with Gasteiger partial charge in [0.15, 0.2) is 0 Å². The van der Waals surface area contributed by atoms with Crippen molar-refractivity contribution in [1.29, 1.82) is 0 Å². The molecular weight excluding hydrogens is 362 g/mol. The zero-order chi connectivity index (χ0) is 20.2. The van der Waals surface area contributed by atoms with Crippen LogP contribution in [0.25, 0.3) is 10.9 Å². The second-order valence-electron chi connectivity index (χ2n) is 8.00. The third-order valence-electron chi connectivity index (χ3n) is 5.92. The summed E-state index contributed by atoms with van der Waals surface area (Å²) >= 11 is 0. The molecule has 1 aromatic heterocycles. The van der Waals surface area contributed by atoms with Crippen molar-refractivity contribution in [1.82, 2.24) is 9.88 Å². The first-order valence-corrected chi connectivity index (χ1v) is 10.5. The van der Waals surface area contributed by atoms with Gasteiger partial charge in [-0.2, -0.15) is 0 Å². The fourth-order valence-corrected chi connectivity index (χ4v) is 4.22. The molecule has 0 amide bonds. The fraction of sp³-hybridized carbons (Fsp3) is 0.375. The van der Waals surface area contributed by atoms with E-state index in [9.17, 15) is 9.90 Å². The van der Waals surface area contributed by atoms with Gasteiger partial charge in [-0.3, -0.25) is 4.90 Å². The van der Waals surface area contributed by atoms with E-state index in [1.165, 1.54) is 16.8 Å². The van der Waals surface area contributed by atoms with Crippen LogP contribution in [-0.4, -0.2) is 53.7 Å². The van der Waals surface area contributed by atoms with E-state index in [1.807, 2.05) is 12.3 Å². The lowest BCUT2D eigenvalue weighted by Crippen LogP contribution is -2.46. The first-order chi connectivity index (χ1) is 14.1. The quantitative estimate of drug-likeness (QED) is 0.589. The summed E-state index contributed by atoms with van der Waals surface area (Å²) in [5, 5.41) is 10.3. The van der Waals surface area contributed by atoms with E-state index in [-0.39, 0.29) is 0 Å². The van der Waals surface area contributed by atoms with Crippen LogP contribution in [-0.2, 0) is 6.42 Å². The zero-order valence-corrected chi connectivity index (χ0v) is 17.0. The highest BCUT2D eigenvalue weighted by molar-refractivity contribution is 5.94. The van der Waals surface area contributed by atoms with Crippen molar-refractivity contribution in [2.24, 2.45) is 0 Å². The van der Waals surface area contributed by atoms with Crippen LogP contribution in [0.5, 0.6) is 0 Å². The Morgan fingerprint density at radius 1 is 1.07 bits per heavy atom. The Morgan fingerprint density at radius 3 is 2.66 bits per heavy atom. The smallest absolute Gasteiger partial charge is 0.335 e. The lowest BCUT2D eigenvalue weighted by atomic mass is 10.0. The number of aromatic carboxylic acids is 1. The number of unbranched alkanes of at least 4 members (excludes halogenated alkanes) is 1. The highest BCUT2D eigenvalue weighted by Gasteiger charge is 2.17. The molecule has 1 fully saturated rings. The van der Waals surface area contributed by atoms with Crippen molar-refractivity contribution < 1.29 is 9.90 Å². The first-order valence-electron chi connectivity index (χ1n) is 10.5. The highest BCUT2D eigenvalue weighted by Crippen LogP contribution is 2.22. The van der Waals surface area contributed by atoms with Crippen LogP contribution in [0, 0.1) is 6.92 Å². The number of rotatable bonds is 7. The summed E-state index contributed by atoms with van der Waals surface area (Å²) in [7, 11) is 0. The van der Waals surface area contributed by atoms with Gasteiger partial charge >= 0.3 is 5.97 Å². The topological polar surface area (TPSA) is 59.6 Å². The zero-order valence-electron chi connectivity index (χ0n) is 17.0. The predicted octanol–water partition coefficient (Wildman–Crippen LogP) is 4.32. The molecule has 5 nitrogen and oxygen atoms in total. The van der Waals surface area contributed by atoms with Gasteiger partial charge in [-0.15, -0.1) is 0 Å². The van der Waals surface area contributed by atoms with Gasteiger partial charge in [0, 0.05) is 49.0 Å². The third kappa shape index (κ3) is 4.62. The van der Waals surface area contributed by atoms with Gasteiger partial charge in [-0.25, -0.2) is 4.79 Å². The average Bonchev–Trinajstić information content (AvgIpc) is 3.14. The van der Waals surface area contributed by atoms with E-state index in [4.69, 9.17) is 0 Å². The summed E-state index contributed by atoms with van der Waals surface area (Å²) in [5.41, 5.74) is 5.23. The Hall–Kier alpha value is -2.79. The molecule has 0 bridgehead atoms. The molecule has 3 aromatic rings. The molecule has 29 heavy (non-hydrogen) atoms. The maximum atomic E-state index is 11.2. The number of nitrogens with one attached hydrogen (secondary N) is 1. The van der Waals surface area contributed by atoms with Gasteiger partial charge in [-0.1, -0.05) is 12.1 Å². The minimum Gasteiger partial charge on any atom is -0.478 e. The van der Waals surface area contributed by atoms with E-state index in [0.717, 1.165) is 62.9 Å². The summed E-state index contributed by atoms with van der Waals surface area (Å²) in [6, 6.07) is 14.1. The van der Waals surface area contributed by atoms with Crippen molar-refractivity contribution in [3.8, 4) is 0 Å². The predicted molar refractivity (Wildman–Crippen MR) is 118 cm³/mol. The van der Waals surface area contributed by atoms with Crippen LogP contribution in [0.2, 0.25) is 0 Å². The Morgan fingerprint density at radius 2 is 1.90 bits per heavy atom. The van der Waals surface area contributed by atoms with Crippen molar-refractivity contribution in [3.05, 3.63) is 65.4 Å².